The lowest BCUT2D eigenvalue weighted by Gasteiger charge is -2.22. The van der Waals surface area contributed by atoms with Gasteiger partial charge in [0.2, 0.25) is 10.0 Å². The summed E-state index contributed by atoms with van der Waals surface area (Å²) in [6.45, 7) is 3.34. The molecule has 2 unspecified atom stereocenters. The maximum atomic E-state index is 11.9. The van der Waals surface area contributed by atoms with Gasteiger partial charge in [-0.25, -0.2) is 13.1 Å². The van der Waals surface area contributed by atoms with Crippen LogP contribution in [0, 0.1) is 5.92 Å². The second-order valence-corrected chi connectivity index (χ2v) is 7.16. The molecule has 0 amide bonds. The Balaban J connectivity index is 0.00000180. The molecule has 2 atom stereocenters. The van der Waals surface area contributed by atoms with Crippen LogP contribution >= 0.6 is 12.4 Å². The van der Waals surface area contributed by atoms with Crippen molar-refractivity contribution in [1.82, 2.24) is 10.0 Å². The van der Waals surface area contributed by atoms with Crippen LogP contribution in [-0.2, 0) is 14.8 Å². The van der Waals surface area contributed by atoms with Crippen molar-refractivity contribution in [2.24, 2.45) is 5.92 Å². The molecule has 0 aliphatic carbocycles. The standard InChI is InChI=1S/C12H24N2O3S.ClH/c15-18(16,10-12-3-1-2-8-17-12)14-7-5-11-4-6-13-9-11;/h11-14H,1-10H2;1H. The molecule has 0 saturated carbocycles. The molecule has 0 aromatic heterocycles. The van der Waals surface area contributed by atoms with E-state index in [9.17, 15) is 8.42 Å². The second kappa shape index (κ2) is 8.42. The molecule has 0 aromatic rings. The van der Waals surface area contributed by atoms with Gasteiger partial charge in [0.1, 0.15) is 0 Å². The zero-order chi connectivity index (χ0) is 12.8. The number of ether oxygens (including phenoxy) is 1. The molecule has 0 aromatic carbocycles. The normalized spacial score (nSPS) is 28.0. The molecule has 2 N–H and O–H groups in total. The molecule has 7 heteroatoms. The summed E-state index contributed by atoms with van der Waals surface area (Å²) in [6.07, 6.45) is 4.98. The van der Waals surface area contributed by atoms with E-state index in [2.05, 4.69) is 10.0 Å². The van der Waals surface area contributed by atoms with Gasteiger partial charge in [0, 0.05) is 13.2 Å². The van der Waals surface area contributed by atoms with Gasteiger partial charge in [-0.1, -0.05) is 0 Å². The molecule has 0 radical (unpaired) electrons. The lowest BCUT2D eigenvalue weighted by atomic mass is 10.1. The first-order chi connectivity index (χ1) is 8.66. The number of nitrogens with one attached hydrogen (secondary N) is 2. The maximum Gasteiger partial charge on any atom is 0.214 e. The minimum absolute atomic E-state index is 0. The van der Waals surface area contributed by atoms with Crippen molar-refractivity contribution in [2.75, 3.05) is 32.0 Å². The molecule has 2 heterocycles. The molecule has 0 bridgehead atoms. The third kappa shape index (κ3) is 6.40. The van der Waals surface area contributed by atoms with Gasteiger partial charge in [-0.15, -0.1) is 12.4 Å². The molecule has 2 aliphatic heterocycles. The molecule has 19 heavy (non-hydrogen) atoms. The van der Waals surface area contributed by atoms with Crippen molar-refractivity contribution < 1.29 is 13.2 Å². The summed E-state index contributed by atoms with van der Waals surface area (Å²) in [5, 5.41) is 3.29. The van der Waals surface area contributed by atoms with E-state index in [1.807, 2.05) is 0 Å². The van der Waals surface area contributed by atoms with Crippen LogP contribution in [0.1, 0.15) is 32.1 Å². The number of rotatable bonds is 6. The van der Waals surface area contributed by atoms with Gasteiger partial charge in [-0.05, 0) is 51.1 Å². The molecular weight excluding hydrogens is 288 g/mol. The topological polar surface area (TPSA) is 67.4 Å². The van der Waals surface area contributed by atoms with Gasteiger partial charge in [-0.2, -0.15) is 0 Å². The maximum absolute atomic E-state index is 11.9. The van der Waals surface area contributed by atoms with E-state index in [1.165, 1.54) is 0 Å². The van der Waals surface area contributed by atoms with Crippen molar-refractivity contribution in [2.45, 2.75) is 38.2 Å². The van der Waals surface area contributed by atoms with Gasteiger partial charge < -0.3 is 10.1 Å². The Morgan fingerprint density at radius 3 is 2.74 bits per heavy atom. The highest BCUT2D eigenvalue weighted by molar-refractivity contribution is 7.89. The fourth-order valence-electron chi connectivity index (χ4n) is 2.62. The fourth-order valence-corrected chi connectivity index (χ4v) is 3.92. The van der Waals surface area contributed by atoms with Crippen LogP contribution in [0.25, 0.3) is 0 Å². The Labute approximate surface area is 122 Å². The Morgan fingerprint density at radius 2 is 2.11 bits per heavy atom. The fraction of sp³-hybridized carbons (Fsp3) is 1.00. The van der Waals surface area contributed by atoms with Crippen molar-refractivity contribution in [3.05, 3.63) is 0 Å². The molecular formula is C12H25ClN2O3S. The summed E-state index contributed by atoms with van der Waals surface area (Å²) in [5.74, 6) is 0.745. The number of sulfonamides is 1. The lowest BCUT2D eigenvalue weighted by Crippen LogP contribution is -2.36. The molecule has 114 valence electrons. The SMILES string of the molecule is Cl.O=S(=O)(CC1CCCCO1)NCCC1CCNC1. The van der Waals surface area contributed by atoms with Crippen LogP contribution < -0.4 is 10.0 Å². The third-order valence-electron chi connectivity index (χ3n) is 3.72. The largest absolute Gasteiger partial charge is 0.377 e. The minimum atomic E-state index is -3.17. The summed E-state index contributed by atoms with van der Waals surface area (Å²) in [6, 6.07) is 0. The van der Waals surface area contributed by atoms with E-state index in [0.717, 1.165) is 45.2 Å². The quantitative estimate of drug-likeness (QED) is 0.764. The second-order valence-electron chi connectivity index (χ2n) is 5.31. The zero-order valence-electron chi connectivity index (χ0n) is 11.3. The first kappa shape index (κ1) is 17.2. The van der Waals surface area contributed by atoms with Crippen molar-refractivity contribution in [3.63, 3.8) is 0 Å². The van der Waals surface area contributed by atoms with E-state index < -0.39 is 10.0 Å². The molecule has 2 rings (SSSR count). The molecule has 2 saturated heterocycles. The van der Waals surface area contributed by atoms with Crippen LogP contribution in [0.2, 0.25) is 0 Å². The highest BCUT2D eigenvalue weighted by Crippen LogP contribution is 2.14. The number of hydrogen-bond acceptors (Lipinski definition) is 4. The van der Waals surface area contributed by atoms with Crippen molar-refractivity contribution >= 4 is 22.4 Å². The smallest absolute Gasteiger partial charge is 0.214 e. The first-order valence-corrected chi connectivity index (χ1v) is 8.60. The Morgan fingerprint density at radius 1 is 1.26 bits per heavy atom. The van der Waals surface area contributed by atoms with E-state index >= 15 is 0 Å². The van der Waals surface area contributed by atoms with Gasteiger partial charge in [0.15, 0.2) is 0 Å². The highest BCUT2D eigenvalue weighted by Gasteiger charge is 2.22. The predicted octanol–water partition coefficient (Wildman–Crippen LogP) is 0.896. The zero-order valence-corrected chi connectivity index (χ0v) is 12.9. The monoisotopic (exact) mass is 312 g/mol. The summed E-state index contributed by atoms with van der Waals surface area (Å²) in [5.41, 5.74) is 0. The third-order valence-corrected chi connectivity index (χ3v) is 5.17. The van der Waals surface area contributed by atoms with Crippen LogP contribution in [-0.4, -0.2) is 46.5 Å². The van der Waals surface area contributed by atoms with Gasteiger partial charge in [-0.3, -0.25) is 0 Å². The minimum Gasteiger partial charge on any atom is -0.377 e. The Kier molecular flexibility index (Phi) is 7.61. The van der Waals surface area contributed by atoms with Crippen LogP contribution in [0.4, 0.5) is 0 Å². The number of hydrogen-bond donors (Lipinski definition) is 2. The average Bonchev–Trinajstić information content (AvgIpc) is 2.82. The summed E-state index contributed by atoms with van der Waals surface area (Å²) >= 11 is 0. The van der Waals surface area contributed by atoms with E-state index in [4.69, 9.17) is 4.74 Å². The molecule has 0 spiro atoms. The van der Waals surface area contributed by atoms with Crippen molar-refractivity contribution in [1.29, 1.82) is 0 Å². The van der Waals surface area contributed by atoms with Gasteiger partial charge in [0.05, 0.1) is 11.9 Å². The highest BCUT2D eigenvalue weighted by atomic mass is 35.5. The average molecular weight is 313 g/mol. The van der Waals surface area contributed by atoms with Crippen LogP contribution in [0.15, 0.2) is 0 Å². The predicted molar refractivity (Wildman–Crippen MR) is 78.2 cm³/mol. The molecule has 2 fully saturated rings. The first-order valence-electron chi connectivity index (χ1n) is 6.95. The summed E-state index contributed by atoms with van der Waals surface area (Å²) in [4.78, 5) is 0. The Bertz CT molecular complexity index is 339. The molecule has 2 aliphatic rings. The van der Waals surface area contributed by atoms with Gasteiger partial charge >= 0.3 is 0 Å². The summed E-state index contributed by atoms with van der Waals surface area (Å²) in [7, 11) is -3.17. The number of halogens is 1. The summed E-state index contributed by atoms with van der Waals surface area (Å²) < 4.78 is 31.9. The van der Waals surface area contributed by atoms with E-state index in [0.29, 0.717) is 19.1 Å². The van der Waals surface area contributed by atoms with E-state index in [1.54, 1.807) is 0 Å². The van der Waals surface area contributed by atoms with E-state index in [-0.39, 0.29) is 24.3 Å². The van der Waals surface area contributed by atoms with Crippen molar-refractivity contribution in [3.8, 4) is 0 Å². The molecule has 5 nitrogen and oxygen atoms in total. The Hall–Kier alpha value is 0.120. The lowest BCUT2D eigenvalue weighted by molar-refractivity contribution is 0.0304. The van der Waals surface area contributed by atoms with Gasteiger partial charge in [0.25, 0.3) is 0 Å². The van der Waals surface area contributed by atoms with Crippen LogP contribution in [0.5, 0.6) is 0 Å². The van der Waals surface area contributed by atoms with Crippen LogP contribution in [0.3, 0.4) is 0 Å².